The summed E-state index contributed by atoms with van der Waals surface area (Å²) in [5, 5.41) is 0. The first-order chi connectivity index (χ1) is 11.2. The quantitative estimate of drug-likeness (QED) is 0.872. The van der Waals surface area contributed by atoms with Gasteiger partial charge in [0.2, 0.25) is 5.91 Å². The number of hydrogen-bond acceptors (Lipinski definition) is 3. The van der Waals surface area contributed by atoms with E-state index < -0.39 is 0 Å². The molecule has 5 heteroatoms. The Balaban J connectivity index is 1.49. The molecule has 0 bridgehead atoms. The predicted molar refractivity (Wildman–Crippen MR) is 87.6 cm³/mol. The van der Waals surface area contributed by atoms with Crippen molar-refractivity contribution in [2.45, 2.75) is 32.7 Å². The molecule has 1 aliphatic carbocycles. The van der Waals surface area contributed by atoms with Gasteiger partial charge in [-0.05, 0) is 44.2 Å². The van der Waals surface area contributed by atoms with Gasteiger partial charge in [0.15, 0.2) is 0 Å². The summed E-state index contributed by atoms with van der Waals surface area (Å²) in [6.07, 6.45) is 8.82. The predicted octanol–water partition coefficient (Wildman–Crippen LogP) is 2.51. The smallest absolute Gasteiger partial charge is 0.225 e. The summed E-state index contributed by atoms with van der Waals surface area (Å²) in [4.78, 5) is 23.0. The molecular weight excluding hydrogens is 288 g/mol. The van der Waals surface area contributed by atoms with Gasteiger partial charge in [-0.1, -0.05) is 0 Å². The van der Waals surface area contributed by atoms with Gasteiger partial charge in [-0.2, -0.15) is 0 Å². The summed E-state index contributed by atoms with van der Waals surface area (Å²) in [7, 11) is 0. The molecule has 2 fully saturated rings. The van der Waals surface area contributed by atoms with Gasteiger partial charge in [-0.15, -0.1) is 0 Å². The van der Waals surface area contributed by atoms with Crippen molar-refractivity contribution in [1.29, 1.82) is 0 Å². The lowest BCUT2D eigenvalue weighted by Gasteiger charge is -2.18. The number of nitrogens with zero attached hydrogens (tertiary/aromatic N) is 4. The van der Waals surface area contributed by atoms with Gasteiger partial charge in [0.1, 0.15) is 5.82 Å². The standard InChI is InChI=1S/C18H22N4O/c1-13-9-20-17(16-3-2-7-19-10-16)22(13)12-14-6-8-21(11-14)18(23)15-4-5-15/h2-3,7,9-10,14-15H,4-6,8,11-12H2,1H3. The van der Waals surface area contributed by atoms with Crippen molar-refractivity contribution < 1.29 is 4.79 Å². The summed E-state index contributed by atoms with van der Waals surface area (Å²) in [5.74, 6) is 2.20. The molecule has 5 nitrogen and oxygen atoms in total. The second kappa shape index (κ2) is 5.80. The topological polar surface area (TPSA) is 51.0 Å². The second-order valence-electron chi connectivity index (χ2n) is 6.79. The Morgan fingerprint density at radius 3 is 2.91 bits per heavy atom. The van der Waals surface area contributed by atoms with Crippen LogP contribution in [0, 0.1) is 18.8 Å². The number of amides is 1. The van der Waals surface area contributed by atoms with E-state index in [2.05, 4.69) is 26.4 Å². The fourth-order valence-electron chi connectivity index (χ4n) is 3.45. The number of pyridine rings is 1. The zero-order valence-electron chi connectivity index (χ0n) is 13.5. The molecule has 2 aromatic rings. The van der Waals surface area contributed by atoms with E-state index in [0.717, 1.165) is 56.0 Å². The molecule has 1 unspecified atom stereocenters. The molecule has 1 atom stereocenters. The van der Waals surface area contributed by atoms with E-state index in [9.17, 15) is 4.79 Å². The van der Waals surface area contributed by atoms with Crippen LogP contribution in [0.3, 0.4) is 0 Å². The Morgan fingerprint density at radius 2 is 2.17 bits per heavy atom. The maximum Gasteiger partial charge on any atom is 0.225 e. The largest absolute Gasteiger partial charge is 0.342 e. The molecule has 0 aromatic carbocycles. The molecule has 120 valence electrons. The van der Waals surface area contributed by atoms with Crippen LogP contribution in [-0.2, 0) is 11.3 Å². The van der Waals surface area contributed by atoms with Gasteiger partial charge in [-0.3, -0.25) is 9.78 Å². The van der Waals surface area contributed by atoms with E-state index in [1.807, 2.05) is 24.5 Å². The van der Waals surface area contributed by atoms with E-state index in [-0.39, 0.29) is 0 Å². The van der Waals surface area contributed by atoms with Gasteiger partial charge in [0, 0.05) is 55.4 Å². The van der Waals surface area contributed by atoms with Crippen LogP contribution in [0.5, 0.6) is 0 Å². The number of imidazole rings is 1. The monoisotopic (exact) mass is 310 g/mol. The maximum absolute atomic E-state index is 12.2. The van der Waals surface area contributed by atoms with E-state index in [0.29, 0.717) is 17.7 Å². The molecular formula is C18H22N4O. The Kier molecular flexibility index (Phi) is 3.63. The van der Waals surface area contributed by atoms with Gasteiger partial charge in [-0.25, -0.2) is 4.98 Å². The highest BCUT2D eigenvalue weighted by Gasteiger charge is 2.36. The molecule has 1 aliphatic heterocycles. The molecule has 0 N–H and O–H groups in total. The van der Waals surface area contributed by atoms with Crippen LogP contribution in [0.15, 0.2) is 30.7 Å². The summed E-state index contributed by atoms with van der Waals surface area (Å²) in [5.41, 5.74) is 2.21. The van der Waals surface area contributed by atoms with E-state index in [4.69, 9.17) is 0 Å². The number of carbonyl (C=O) groups is 1. The molecule has 4 rings (SSSR count). The van der Waals surface area contributed by atoms with Crippen molar-refractivity contribution in [3.63, 3.8) is 0 Å². The van der Waals surface area contributed by atoms with Crippen molar-refractivity contribution in [2.75, 3.05) is 13.1 Å². The average molecular weight is 310 g/mol. The maximum atomic E-state index is 12.2. The third kappa shape index (κ3) is 2.87. The van der Waals surface area contributed by atoms with Crippen LogP contribution in [-0.4, -0.2) is 38.4 Å². The fourth-order valence-corrected chi connectivity index (χ4v) is 3.45. The molecule has 0 radical (unpaired) electrons. The third-order valence-corrected chi connectivity index (χ3v) is 4.94. The zero-order chi connectivity index (χ0) is 15.8. The molecule has 1 amide bonds. The normalized spacial score (nSPS) is 20.9. The third-order valence-electron chi connectivity index (χ3n) is 4.94. The summed E-state index contributed by atoms with van der Waals surface area (Å²) in [6.45, 7) is 4.81. The number of hydrogen-bond donors (Lipinski definition) is 0. The number of carbonyl (C=O) groups excluding carboxylic acids is 1. The van der Waals surface area contributed by atoms with Crippen LogP contribution in [0.2, 0.25) is 0 Å². The lowest BCUT2D eigenvalue weighted by molar-refractivity contribution is -0.131. The second-order valence-corrected chi connectivity index (χ2v) is 6.79. The molecule has 3 heterocycles. The molecule has 1 saturated carbocycles. The Bertz CT molecular complexity index is 705. The number of rotatable bonds is 4. The van der Waals surface area contributed by atoms with Crippen molar-refractivity contribution >= 4 is 5.91 Å². The SMILES string of the molecule is Cc1cnc(-c2cccnc2)n1CC1CCN(C(=O)C2CC2)C1. The lowest BCUT2D eigenvalue weighted by atomic mass is 10.1. The van der Waals surface area contributed by atoms with Crippen LogP contribution in [0.1, 0.15) is 25.0 Å². The van der Waals surface area contributed by atoms with E-state index >= 15 is 0 Å². The van der Waals surface area contributed by atoms with Crippen LogP contribution >= 0.6 is 0 Å². The first kappa shape index (κ1) is 14.4. The highest BCUT2D eigenvalue weighted by Crippen LogP contribution is 2.33. The molecule has 0 spiro atoms. The minimum Gasteiger partial charge on any atom is -0.342 e. The fraction of sp³-hybridized carbons (Fsp3) is 0.500. The number of likely N-dealkylation sites (tertiary alicyclic amines) is 1. The first-order valence-corrected chi connectivity index (χ1v) is 8.43. The summed E-state index contributed by atoms with van der Waals surface area (Å²) >= 11 is 0. The zero-order valence-corrected chi connectivity index (χ0v) is 13.5. The first-order valence-electron chi connectivity index (χ1n) is 8.43. The summed E-state index contributed by atoms with van der Waals surface area (Å²) < 4.78 is 2.27. The minimum atomic E-state index is 0.328. The van der Waals surface area contributed by atoms with E-state index in [1.165, 1.54) is 0 Å². The molecule has 1 saturated heterocycles. The molecule has 23 heavy (non-hydrogen) atoms. The van der Waals surface area contributed by atoms with Crippen molar-refractivity contribution in [3.05, 3.63) is 36.4 Å². The van der Waals surface area contributed by atoms with E-state index in [1.54, 1.807) is 6.20 Å². The number of aromatic nitrogens is 3. The van der Waals surface area contributed by atoms with Crippen molar-refractivity contribution in [1.82, 2.24) is 19.4 Å². The molecule has 2 aliphatic rings. The highest BCUT2D eigenvalue weighted by atomic mass is 16.2. The number of aryl methyl sites for hydroxylation is 1. The highest BCUT2D eigenvalue weighted by molar-refractivity contribution is 5.81. The van der Waals surface area contributed by atoms with Crippen LogP contribution in [0.4, 0.5) is 0 Å². The molecule has 2 aromatic heterocycles. The van der Waals surface area contributed by atoms with Crippen molar-refractivity contribution in [3.8, 4) is 11.4 Å². The minimum absolute atomic E-state index is 0.328. The van der Waals surface area contributed by atoms with Crippen molar-refractivity contribution in [2.24, 2.45) is 11.8 Å². The summed E-state index contributed by atoms with van der Waals surface area (Å²) in [6, 6.07) is 3.98. The Morgan fingerprint density at radius 1 is 1.30 bits per heavy atom. The van der Waals surface area contributed by atoms with Gasteiger partial charge >= 0.3 is 0 Å². The van der Waals surface area contributed by atoms with Gasteiger partial charge < -0.3 is 9.47 Å². The van der Waals surface area contributed by atoms with Gasteiger partial charge in [0.05, 0.1) is 0 Å². The van der Waals surface area contributed by atoms with Crippen LogP contribution < -0.4 is 0 Å². The average Bonchev–Trinajstić information content (AvgIpc) is 3.22. The Labute approximate surface area is 136 Å². The lowest BCUT2D eigenvalue weighted by Crippen LogP contribution is -2.30. The Hall–Kier alpha value is -2.17. The van der Waals surface area contributed by atoms with Gasteiger partial charge in [0.25, 0.3) is 0 Å². The van der Waals surface area contributed by atoms with Crippen LogP contribution in [0.25, 0.3) is 11.4 Å².